The van der Waals surface area contributed by atoms with Crippen LogP contribution in [0.4, 0.5) is 5.69 Å². The van der Waals surface area contributed by atoms with Gasteiger partial charge in [-0.05, 0) is 36.2 Å². The van der Waals surface area contributed by atoms with E-state index in [0.29, 0.717) is 6.42 Å². The maximum absolute atomic E-state index is 12.3. The first-order valence-electron chi connectivity index (χ1n) is 7.79. The number of nitrogens with one attached hydrogen (secondary N) is 2. The summed E-state index contributed by atoms with van der Waals surface area (Å²) in [6.07, 6.45) is 2.28. The topological polar surface area (TPSA) is 114 Å². The molecule has 0 atom stereocenters. The molecule has 0 bridgehead atoms. The van der Waals surface area contributed by atoms with Crippen LogP contribution in [-0.4, -0.2) is 32.0 Å². The van der Waals surface area contributed by atoms with Crippen molar-refractivity contribution in [2.24, 2.45) is 0 Å². The number of rotatable bonds is 7. The standard InChI is InChI=1S/C17H17N3O5S/c1-25-14-5-6-17-16(10-14)12(11-18-17)7-8-19-26(23,24)15-4-2-3-13(9-15)20(21)22/h2-6,9-11,18-19H,7-8H2,1H3. The van der Waals surface area contributed by atoms with Crippen molar-refractivity contribution in [1.82, 2.24) is 9.71 Å². The van der Waals surface area contributed by atoms with E-state index in [0.717, 1.165) is 28.3 Å². The molecule has 0 aliphatic heterocycles. The Hall–Kier alpha value is -2.91. The monoisotopic (exact) mass is 375 g/mol. The van der Waals surface area contributed by atoms with Crippen LogP contribution in [0.1, 0.15) is 5.56 Å². The van der Waals surface area contributed by atoms with Crippen molar-refractivity contribution in [3.63, 3.8) is 0 Å². The van der Waals surface area contributed by atoms with Crippen LogP contribution in [0.3, 0.4) is 0 Å². The number of hydrogen-bond donors (Lipinski definition) is 2. The van der Waals surface area contributed by atoms with Gasteiger partial charge in [0, 0.05) is 35.8 Å². The van der Waals surface area contributed by atoms with Crippen LogP contribution in [0, 0.1) is 10.1 Å². The summed E-state index contributed by atoms with van der Waals surface area (Å²) in [5, 5.41) is 11.8. The molecule has 0 amide bonds. The minimum absolute atomic E-state index is 0.132. The van der Waals surface area contributed by atoms with Crippen molar-refractivity contribution in [1.29, 1.82) is 0 Å². The van der Waals surface area contributed by atoms with E-state index in [9.17, 15) is 18.5 Å². The van der Waals surface area contributed by atoms with Gasteiger partial charge in [0.15, 0.2) is 0 Å². The minimum Gasteiger partial charge on any atom is -0.497 e. The maximum Gasteiger partial charge on any atom is 0.270 e. The van der Waals surface area contributed by atoms with Gasteiger partial charge in [0.2, 0.25) is 10.0 Å². The van der Waals surface area contributed by atoms with Crippen LogP contribution in [0.25, 0.3) is 10.9 Å². The van der Waals surface area contributed by atoms with Gasteiger partial charge in [-0.3, -0.25) is 10.1 Å². The number of H-pyrrole nitrogens is 1. The summed E-state index contributed by atoms with van der Waals surface area (Å²) in [5.74, 6) is 0.718. The molecule has 136 valence electrons. The number of hydrogen-bond acceptors (Lipinski definition) is 5. The van der Waals surface area contributed by atoms with Gasteiger partial charge in [-0.15, -0.1) is 0 Å². The Labute approximate surface area is 150 Å². The van der Waals surface area contributed by atoms with E-state index in [-0.39, 0.29) is 17.1 Å². The smallest absolute Gasteiger partial charge is 0.270 e. The summed E-state index contributed by atoms with van der Waals surface area (Å²) in [7, 11) is -2.24. The Kier molecular flexibility index (Phi) is 4.92. The number of benzene rings is 2. The molecule has 0 aliphatic rings. The fraction of sp³-hybridized carbons (Fsp3) is 0.176. The molecule has 3 rings (SSSR count). The second-order valence-corrected chi connectivity index (χ2v) is 7.39. The van der Waals surface area contributed by atoms with Gasteiger partial charge in [0.05, 0.1) is 16.9 Å². The fourth-order valence-corrected chi connectivity index (χ4v) is 3.73. The van der Waals surface area contributed by atoms with Crippen molar-refractivity contribution < 1.29 is 18.1 Å². The molecule has 8 nitrogen and oxygen atoms in total. The first-order valence-corrected chi connectivity index (χ1v) is 9.27. The van der Waals surface area contributed by atoms with Crippen LogP contribution in [-0.2, 0) is 16.4 Å². The number of non-ortho nitro benzene ring substituents is 1. The molecule has 0 aliphatic carbocycles. The average Bonchev–Trinajstić information content (AvgIpc) is 3.04. The zero-order valence-corrected chi connectivity index (χ0v) is 14.7. The quantitative estimate of drug-likeness (QED) is 0.487. The molecule has 1 aromatic heterocycles. The third kappa shape index (κ3) is 3.68. The number of nitrogens with zero attached hydrogens (tertiary/aromatic N) is 1. The summed E-state index contributed by atoms with van der Waals surface area (Å²) in [6.45, 7) is 0.162. The van der Waals surface area contributed by atoms with Gasteiger partial charge in [-0.1, -0.05) is 6.07 Å². The maximum atomic E-state index is 12.3. The summed E-state index contributed by atoms with van der Waals surface area (Å²) in [4.78, 5) is 13.2. The number of nitro benzene ring substituents is 1. The summed E-state index contributed by atoms with van der Waals surface area (Å²) < 4.78 is 32.4. The highest BCUT2D eigenvalue weighted by Crippen LogP contribution is 2.24. The lowest BCUT2D eigenvalue weighted by Crippen LogP contribution is -2.26. The fourth-order valence-electron chi connectivity index (χ4n) is 2.66. The molecule has 26 heavy (non-hydrogen) atoms. The second-order valence-electron chi connectivity index (χ2n) is 5.63. The minimum atomic E-state index is -3.82. The first kappa shape index (κ1) is 17.9. The normalized spacial score (nSPS) is 11.6. The van der Waals surface area contributed by atoms with Crippen LogP contribution in [0.15, 0.2) is 53.6 Å². The van der Waals surface area contributed by atoms with Gasteiger partial charge < -0.3 is 9.72 Å². The Morgan fingerprint density at radius 3 is 2.77 bits per heavy atom. The lowest BCUT2D eigenvalue weighted by atomic mass is 10.1. The molecule has 0 fully saturated rings. The third-order valence-corrected chi connectivity index (χ3v) is 5.46. The van der Waals surface area contributed by atoms with E-state index in [2.05, 4.69) is 9.71 Å². The number of methoxy groups -OCH3 is 1. The molecular formula is C17H17N3O5S. The van der Waals surface area contributed by atoms with E-state index in [4.69, 9.17) is 4.74 Å². The number of aromatic amines is 1. The van der Waals surface area contributed by atoms with E-state index >= 15 is 0 Å². The van der Waals surface area contributed by atoms with E-state index in [1.54, 1.807) is 7.11 Å². The lowest BCUT2D eigenvalue weighted by molar-refractivity contribution is -0.385. The second kappa shape index (κ2) is 7.14. The molecule has 1 heterocycles. The third-order valence-electron chi connectivity index (χ3n) is 4.00. The average molecular weight is 375 g/mol. The summed E-state index contributed by atoms with van der Waals surface area (Å²) >= 11 is 0. The number of sulfonamides is 1. The van der Waals surface area contributed by atoms with Crippen molar-refractivity contribution in [2.45, 2.75) is 11.3 Å². The first-order chi connectivity index (χ1) is 12.4. The Morgan fingerprint density at radius 2 is 2.04 bits per heavy atom. The highest BCUT2D eigenvalue weighted by atomic mass is 32.2. The largest absolute Gasteiger partial charge is 0.497 e. The number of fused-ring (bicyclic) bond motifs is 1. The number of ether oxygens (including phenoxy) is 1. The summed E-state index contributed by atoms with van der Waals surface area (Å²) in [6, 6.07) is 10.6. The summed E-state index contributed by atoms with van der Waals surface area (Å²) in [5.41, 5.74) is 1.61. The molecule has 9 heteroatoms. The van der Waals surface area contributed by atoms with E-state index in [1.807, 2.05) is 24.4 Å². The highest BCUT2D eigenvalue weighted by Gasteiger charge is 2.17. The predicted octanol–water partition coefficient (Wildman–Crippen LogP) is 2.61. The van der Waals surface area contributed by atoms with Crippen LogP contribution < -0.4 is 9.46 Å². The molecule has 0 unspecified atom stereocenters. The van der Waals surface area contributed by atoms with Crippen molar-refractivity contribution >= 4 is 26.6 Å². The lowest BCUT2D eigenvalue weighted by Gasteiger charge is -2.07. The van der Waals surface area contributed by atoms with Gasteiger partial charge in [-0.25, -0.2) is 13.1 Å². The Balaban J connectivity index is 1.73. The van der Waals surface area contributed by atoms with Crippen LogP contribution >= 0.6 is 0 Å². The highest BCUT2D eigenvalue weighted by molar-refractivity contribution is 7.89. The molecule has 0 radical (unpaired) electrons. The van der Waals surface area contributed by atoms with E-state index in [1.165, 1.54) is 18.2 Å². The molecule has 2 N–H and O–H groups in total. The van der Waals surface area contributed by atoms with E-state index < -0.39 is 14.9 Å². The predicted molar refractivity (Wildman–Crippen MR) is 96.8 cm³/mol. The van der Waals surface area contributed by atoms with Gasteiger partial charge in [0.1, 0.15) is 5.75 Å². The van der Waals surface area contributed by atoms with Crippen molar-refractivity contribution in [2.75, 3.05) is 13.7 Å². The SMILES string of the molecule is COc1ccc2[nH]cc(CCNS(=O)(=O)c3cccc([N+](=O)[O-])c3)c2c1. The molecular weight excluding hydrogens is 358 g/mol. The van der Waals surface area contributed by atoms with Gasteiger partial charge in [0.25, 0.3) is 5.69 Å². The van der Waals surface area contributed by atoms with Gasteiger partial charge in [-0.2, -0.15) is 0 Å². The molecule has 0 saturated heterocycles. The molecule has 0 spiro atoms. The van der Waals surface area contributed by atoms with Crippen molar-refractivity contribution in [3.05, 3.63) is 64.3 Å². The molecule has 2 aromatic carbocycles. The van der Waals surface area contributed by atoms with Crippen LogP contribution in [0.2, 0.25) is 0 Å². The molecule has 3 aromatic rings. The van der Waals surface area contributed by atoms with Crippen molar-refractivity contribution in [3.8, 4) is 5.75 Å². The van der Waals surface area contributed by atoms with Gasteiger partial charge >= 0.3 is 0 Å². The number of aromatic nitrogens is 1. The number of nitro groups is 1. The zero-order chi connectivity index (χ0) is 18.7. The molecule has 0 saturated carbocycles. The van der Waals surface area contributed by atoms with Crippen LogP contribution in [0.5, 0.6) is 5.75 Å². The Morgan fingerprint density at radius 1 is 1.23 bits per heavy atom. The zero-order valence-electron chi connectivity index (χ0n) is 13.9. The Bertz CT molecular complexity index is 1060.